The second kappa shape index (κ2) is 20.1. The largest absolute Gasteiger partial charge is 0.362 e. The van der Waals surface area contributed by atoms with Crippen LogP contribution in [0.1, 0.15) is 155 Å². The number of hydrogen-bond donors (Lipinski definition) is 0. The molecule has 6 nitrogen and oxygen atoms in total. The Bertz CT molecular complexity index is 1120. The monoisotopic (exact) mass is 584 g/mol. The molecule has 0 radical (unpaired) electrons. The molecule has 234 valence electrons. The molecule has 0 unspecified atom stereocenters. The Morgan fingerprint density at radius 1 is 0.581 bits per heavy atom. The molecule has 0 spiro atoms. The summed E-state index contributed by atoms with van der Waals surface area (Å²) in [6.07, 6.45) is 40.9. The van der Waals surface area contributed by atoms with Crippen LogP contribution in [0.5, 0.6) is 0 Å². The Morgan fingerprint density at radius 3 is 1.40 bits per heavy atom. The average Bonchev–Trinajstić information content (AvgIpc) is 3.28. The van der Waals surface area contributed by atoms with E-state index in [2.05, 4.69) is 58.7 Å². The zero-order valence-corrected chi connectivity index (χ0v) is 27.2. The topological polar surface area (TPSA) is 87.5 Å². The van der Waals surface area contributed by atoms with Crippen molar-refractivity contribution in [3.05, 3.63) is 69.4 Å². The van der Waals surface area contributed by atoms with Gasteiger partial charge >= 0.3 is 5.08 Å². The maximum Gasteiger partial charge on any atom is 0.339 e. The summed E-state index contributed by atoms with van der Waals surface area (Å²) in [6, 6.07) is 0. The van der Waals surface area contributed by atoms with Crippen LogP contribution in [-0.4, -0.2) is 11.4 Å². The van der Waals surface area contributed by atoms with Crippen LogP contribution in [-0.2, 0) is 0 Å². The number of rotatable bonds is 23. The molecular formula is C37H56N6. The van der Waals surface area contributed by atoms with Gasteiger partial charge in [-0.3, -0.25) is 5.22 Å². The lowest BCUT2D eigenvalue weighted by Gasteiger charge is -2.36. The summed E-state index contributed by atoms with van der Waals surface area (Å²) >= 11 is 0. The average molecular weight is 585 g/mol. The highest BCUT2D eigenvalue weighted by atomic mass is 15.3. The molecule has 0 atom stereocenters. The number of unbranched alkanes of at least 4 members (excludes halogenated alkanes) is 18. The predicted octanol–water partition coefficient (Wildman–Crippen LogP) is 12.5. The van der Waals surface area contributed by atoms with Gasteiger partial charge in [0.1, 0.15) is 0 Å². The summed E-state index contributed by atoms with van der Waals surface area (Å²) in [5.41, 5.74) is 15.5. The second-order valence-electron chi connectivity index (χ2n) is 12.8. The predicted molar refractivity (Wildman–Crippen MR) is 183 cm³/mol. The molecule has 3 rings (SSSR count). The molecule has 43 heavy (non-hydrogen) atoms. The molecule has 0 aliphatic heterocycles. The number of hydrogen-bond acceptors (Lipinski definition) is 3. The fourth-order valence-corrected chi connectivity index (χ4v) is 7.19. The third-order valence-electron chi connectivity index (χ3n) is 9.56. The number of nitrogens with zero attached hydrogens (tertiary/aromatic N) is 6. The molecule has 0 saturated carbocycles. The quantitative estimate of drug-likeness (QED) is 0.0508. The van der Waals surface area contributed by atoms with Gasteiger partial charge in [0.15, 0.2) is 10.8 Å². The summed E-state index contributed by atoms with van der Waals surface area (Å²) in [5.74, 6) is 0. The first kappa shape index (κ1) is 34.5. The van der Waals surface area contributed by atoms with Gasteiger partial charge in [-0.2, -0.15) is 0 Å². The van der Waals surface area contributed by atoms with E-state index in [1.165, 1.54) is 151 Å². The van der Waals surface area contributed by atoms with Crippen LogP contribution >= 0.6 is 0 Å². The van der Waals surface area contributed by atoms with E-state index in [1.807, 2.05) is 12.2 Å². The van der Waals surface area contributed by atoms with Crippen LogP contribution in [0.4, 0.5) is 0 Å². The maximum absolute atomic E-state index is 9.19. The first-order chi connectivity index (χ1) is 21.2. The van der Waals surface area contributed by atoms with Gasteiger partial charge in [0.25, 0.3) is 5.39 Å². The van der Waals surface area contributed by atoms with Gasteiger partial charge < -0.3 is 10.6 Å². The Hall–Kier alpha value is -2.94. The Labute approximate surface area is 261 Å². The van der Waals surface area contributed by atoms with Crippen molar-refractivity contribution in [1.29, 1.82) is 5.39 Å². The number of diazo groups is 1. The van der Waals surface area contributed by atoms with Gasteiger partial charge in [0.05, 0.1) is 0 Å². The van der Waals surface area contributed by atoms with E-state index in [9.17, 15) is 10.9 Å². The molecule has 0 aromatic heterocycles. The maximum atomic E-state index is 9.19. The Morgan fingerprint density at radius 2 is 0.977 bits per heavy atom. The van der Waals surface area contributed by atoms with Crippen molar-refractivity contribution < 1.29 is 0 Å². The highest BCUT2D eigenvalue weighted by molar-refractivity contribution is 6.10. The van der Waals surface area contributed by atoms with E-state index in [0.717, 1.165) is 12.8 Å². The lowest BCUT2D eigenvalue weighted by atomic mass is 9.67. The molecule has 0 N–H and O–H groups in total. The van der Waals surface area contributed by atoms with E-state index < -0.39 is 0 Å². The third-order valence-corrected chi connectivity index (χ3v) is 9.56. The van der Waals surface area contributed by atoms with E-state index >= 15 is 0 Å². The van der Waals surface area contributed by atoms with Crippen molar-refractivity contribution in [2.45, 2.75) is 155 Å². The SMILES string of the molecule is CCCCCCCCCCCCC1(CCCCCCCCCCCC)C2=CC(=NN=[N-])C=CC2=C2C=CC(=N[N+]#N)C=C21. The lowest BCUT2D eigenvalue weighted by molar-refractivity contribution is 0.347. The molecule has 3 aliphatic rings. The summed E-state index contributed by atoms with van der Waals surface area (Å²) in [5, 5.41) is 23.3. The standard InChI is InChI=1S/C37H56N6/c1-3-5-7-9-11-13-15-17-19-21-27-37(28-22-20-18-16-14-12-10-8-6-4-2)35-29-31(40-42-38)23-25-33(35)34-26-24-32(41-43-39)30-36(34)37/h23-26,29-30H,3-22,27-28H2,1-2H3. The van der Waals surface area contributed by atoms with Crippen molar-refractivity contribution in [3.63, 3.8) is 0 Å². The van der Waals surface area contributed by atoms with E-state index in [4.69, 9.17) is 0 Å². The van der Waals surface area contributed by atoms with Crippen LogP contribution in [0.15, 0.2) is 74.2 Å². The molecule has 0 fully saturated rings. The fraction of sp³-hybridized carbons (Fsp3) is 0.676. The van der Waals surface area contributed by atoms with E-state index in [1.54, 1.807) is 0 Å². The first-order valence-corrected chi connectivity index (χ1v) is 17.6. The van der Waals surface area contributed by atoms with Crippen LogP contribution in [0.2, 0.25) is 0 Å². The van der Waals surface area contributed by atoms with Gasteiger partial charge in [-0.25, -0.2) is 0 Å². The Balaban J connectivity index is 1.70. The molecule has 0 aromatic carbocycles. The molecule has 0 bridgehead atoms. The van der Waals surface area contributed by atoms with Crippen molar-refractivity contribution >= 4 is 11.4 Å². The van der Waals surface area contributed by atoms with E-state index in [0.29, 0.717) is 11.4 Å². The summed E-state index contributed by atoms with van der Waals surface area (Å²) in [6.45, 7) is 4.55. The molecule has 0 saturated heterocycles. The highest BCUT2D eigenvalue weighted by Gasteiger charge is 2.46. The summed E-state index contributed by atoms with van der Waals surface area (Å²) in [7, 11) is 0. The molecule has 0 amide bonds. The zero-order valence-electron chi connectivity index (χ0n) is 27.2. The number of fused-ring (bicyclic) bond motifs is 2. The van der Waals surface area contributed by atoms with Crippen LogP contribution in [0.25, 0.3) is 10.6 Å². The molecule has 3 aliphatic carbocycles. The van der Waals surface area contributed by atoms with Gasteiger partial charge in [-0.05, 0) is 53.0 Å². The minimum absolute atomic E-state index is 0.146. The van der Waals surface area contributed by atoms with Gasteiger partial charge in [0, 0.05) is 5.41 Å². The summed E-state index contributed by atoms with van der Waals surface area (Å²) in [4.78, 5) is 0. The van der Waals surface area contributed by atoms with Crippen LogP contribution in [0.3, 0.4) is 0 Å². The minimum Gasteiger partial charge on any atom is -0.362 e. The first-order valence-electron chi connectivity index (χ1n) is 17.6. The highest BCUT2D eigenvalue weighted by Crippen LogP contribution is 2.58. The fourth-order valence-electron chi connectivity index (χ4n) is 7.19. The molecule has 0 heterocycles. The van der Waals surface area contributed by atoms with Crippen molar-refractivity contribution in [2.24, 2.45) is 20.8 Å². The number of allylic oxidation sites excluding steroid dienone is 10. The van der Waals surface area contributed by atoms with Gasteiger partial charge in [0.2, 0.25) is 0 Å². The molecule has 0 aromatic rings. The van der Waals surface area contributed by atoms with E-state index in [-0.39, 0.29) is 5.41 Å². The molecular weight excluding hydrogens is 528 g/mol. The van der Waals surface area contributed by atoms with Crippen molar-refractivity contribution in [1.82, 2.24) is 0 Å². The lowest BCUT2D eigenvalue weighted by Crippen LogP contribution is -2.25. The smallest absolute Gasteiger partial charge is 0.339 e. The zero-order chi connectivity index (χ0) is 30.6. The summed E-state index contributed by atoms with van der Waals surface area (Å²) < 4.78 is 0. The van der Waals surface area contributed by atoms with Crippen LogP contribution < -0.4 is 0 Å². The Kier molecular flexibility index (Phi) is 16.1. The second-order valence-corrected chi connectivity index (χ2v) is 12.8. The third kappa shape index (κ3) is 10.6. The minimum atomic E-state index is -0.146. The van der Waals surface area contributed by atoms with Crippen LogP contribution in [0, 0.1) is 10.8 Å². The van der Waals surface area contributed by atoms with Crippen molar-refractivity contribution in [2.75, 3.05) is 0 Å². The van der Waals surface area contributed by atoms with Crippen molar-refractivity contribution in [3.8, 4) is 0 Å². The normalized spacial score (nSPS) is 18.5. The molecule has 6 heteroatoms. The van der Waals surface area contributed by atoms with Gasteiger partial charge in [-0.15, -0.1) is 0 Å². The van der Waals surface area contributed by atoms with Gasteiger partial charge in [-0.1, -0.05) is 167 Å².